The normalized spacial score (nSPS) is 13.7. The molecule has 0 spiro atoms. The third kappa shape index (κ3) is 4.42. The maximum atomic E-state index is 12.4. The topological polar surface area (TPSA) is 59.8 Å². The van der Waals surface area contributed by atoms with E-state index >= 15 is 0 Å². The van der Waals surface area contributed by atoms with Gasteiger partial charge in [0, 0.05) is 23.0 Å². The van der Waals surface area contributed by atoms with E-state index in [2.05, 4.69) is 44.5 Å². The number of carbonyl (C=O) groups excluding carboxylic acids is 1. The monoisotopic (exact) mass is 398 g/mol. The summed E-state index contributed by atoms with van der Waals surface area (Å²) in [5.41, 5.74) is 2.04. The van der Waals surface area contributed by atoms with Gasteiger partial charge in [0.1, 0.15) is 5.82 Å². The number of benzene rings is 1. The van der Waals surface area contributed by atoms with Crippen LogP contribution in [0, 0.1) is 0 Å². The molecule has 1 fully saturated rings. The fourth-order valence-electron chi connectivity index (χ4n) is 3.06. The zero-order valence-corrected chi connectivity index (χ0v) is 16.9. The van der Waals surface area contributed by atoms with Crippen molar-refractivity contribution in [3.8, 4) is 0 Å². The zero-order chi connectivity index (χ0) is 18.6. The first-order valence-electron chi connectivity index (χ1n) is 9.21. The van der Waals surface area contributed by atoms with Gasteiger partial charge in [-0.15, -0.1) is 21.5 Å². The van der Waals surface area contributed by atoms with E-state index in [0.717, 1.165) is 35.1 Å². The number of aromatic nitrogens is 3. The summed E-state index contributed by atoms with van der Waals surface area (Å²) in [5, 5.41) is 14.7. The Hall–Kier alpha value is -2.12. The van der Waals surface area contributed by atoms with Crippen LogP contribution in [0.5, 0.6) is 0 Å². The van der Waals surface area contributed by atoms with Crippen molar-refractivity contribution in [3.63, 3.8) is 0 Å². The number of anilines is 1. The molecule has 1 aromatic carbocycles. The molecular formula is C20H22N4OS2. The second kappa shape index (κ2) is 8.27. The molecule has 0 saturated heterocycles. The SMILES string of the molecule is CCc1ccccc1NC(=O)CSc1nnc(Cc2cccs2)n1C1CC1. The summed E-state index contributed by atoms with van der Waals surface area (Å²) in [6.45, 7) is 2.09. The smallest absolute Gasteiger partial charge is 0.234 e. The Balaban J connectivity index is 1.42. The van der Waals surface area contributed by atoms with Crippen LogP contribution in [0.2, 0.25) is 0 Å². The fraction of sp³-hybridized carbons (Fsp3) is 0.350. The first-order valence-corrected chi connectivity index (χ1v) is 11.1. The summed E-state index contributed by atoms with van der Waals surface area (Å²) in [6.07, 6.45) is 4.03. The predicted molar refractivity (Wildman–Crippen MR) is 111 cm³/mol. The van der Waals surface area contributed by atoms with Crippen LogP contribution < -0.4 is 5.32 Å². The lowest BCUT2D eigenvalue weighted by atomic mass is 10.1. The van der Waals surface area contributed by atoms with Gasteiger partial charge < -0.3 is 9.88 Å². The fourth-order valence-corrected chi connectivity index (χ4v) is 4.59. The molecule has 7 heteroatoms. The van der Waals surface area contributed by atoms with Gasteiger partial charge in [0.25, 0.3) is 0 Å². The molecule has 3 aromatic rings. The molecule has 0 radical (unpaired) electrons. The van der Waals surface area contributed by atoms with Gasteiger partial charge >= 0.3 is 0 Å². The van der Waals surface area contributed by atoms with Crippen molar-refractivity contribution in [2.24, 2.45) is 0 Å². The standard InChI is InChI=1S/C20H22N4OS2/c1-2-14-6-3-4-8-17(14)21-19(25)13-27-20-23-22-18(24(20)15-9-10-15)12-16-7-5-11-26-16/h3-8,11,15H,2,9-10,12-13H2,1H3,(H,21,25). The number of rotatable bonds is 8. The quantitative estimate of drug-likeness (QED) is 0.565. The largest absolute Gasteiger partial charge is 0.325 e. The number of aryl methyl sites for hydroxylation is 1. The number of amides is 1. The minimum absolute atomic E-state index is 0.00828. The first kappa shape index (κ1) is 18.3. The summed E-state index contributed by atoms with van der Waals surface area (Å²) >= 11 is 3.21. The highest BCUT2D eigenvalue weighted by atomic mass is 32.2. The number of hydrogen-bond donors (Lipinski definition) is 1. The number of para-hydroxylation sites is 1. The lowest BCUT2D eigenvalue weighted by Gasteiger charge is -2.10. The Morgan fingerprint density at radius 3 is 2.85 bits per heavy atom. The van der Waals surface area contributed by atoms with Crippen LogP contribution in [0.15, 0.2) is 46.9 Å². The van der Waals surface area contributed by atoms with Crippen molar-refractivity contribution in [1.29, 1.82) is 0 Å². The zero-order valence-electron chi connectivity index (χ0n) is 15.2. The average Bonchev–Trinajstić information content (AvgIpc) is 3.23. The van der Waals surface area contributed by atoms with Gasteiger partial charge in [0.05, 0.1) is 5.75 Å². The second-order valence-electron chi connectivity index (χ2n) is 6.60. The predicted octanol–water partition coefficient (Wildman–Crippen LogP) is 4.56. The molecule has 0 bridgehead atoms. The highest BCUT2D eigenvalue weighted by Gasteiger charge is 2.30. The van der Waals surface area contributed by atoms with Gasteiger partial charge in [0.15, 0.2) is 5.16 Å². The first-order chi connectivity index (χ1) is 13.2. The van der Waals surface area contributed by atoms with Crippen molar-refractivity contribution < 1.29 is 4.79 Å². The Morgan fingerprint density at radius 1 is 1.26 bits per heavy atom. The molecule has 5 nitrogen and oxygen atoms in total. The molecule has 140 valence electrons. The van der Waals surface area contributed by atoms with E-state index in [0.29, 0.717) is 11.8 Å². The molecular weight excluding hydrogens is 376 g/mol. The van der Waals surface area contributed by atoms with Crippen molar-refractivity contribution in [3.05, 3.63) is 58.0 Å². The maximum absolute atomic E-state index is 12.4. The Bertz CT molecular complexity index is 916. The lowest BCUT2D eigenvalue weighted by molar-refractivity contribution is -0.113. The summed E-state index contributed by atoms with van der Waals surface area (Å²) in [6, 6.07) is 12.6. The number of thiophene rings is 1. The Kier molecular flexibility index (Phi) is 5.59. The Morgan fingerprint density at radius 2 is 2.11 bits per heavy atom. The number of hydrogen-bond acceptors (Lipinski definition) is 5. The van der Waals surface area contributed by atoms with E-state index in [1.807, 2.05) is 24.3 Å². The summed E-state index contributed by atoms with van der Waals surface area (Å²) in [7, 11) is 0. The third-order valence-electron chi connectivity index (χ3n) is 4.56. The van der Waals surface area contributed by atoms with E-state index in [1.165, 1.54) is 29.5 Å². The molecule has 0 unspecified atom stereocenters. The lowest BCUT2D eigenvalue weighted by Crippen LogP contribution is -2.15. The number of nitrogens with zero attached hydrogens (tertiary/aromatic N) is 3. The van der Waals surface area contributed by atoms with Gasteiger partial charge in [-0.25, -0.2) is 0 Å². The number of carbonyl (C=O) groups is 1. The van der Waals surface area contributed by atoms with Gasteiger partial charge in [-0.3, -0.25) is 4.79 Å². The molecule has 2 aromatic heterocycles. The number of nitrogens with one attached hydrogen (secondary N) is 1. The molecule has 4 rings (SSSR count). The summed E-state index contributed by atoms with van der Waals surface area (Å²) < 4.78 is 2.23. The molecule has 1 saturated carbocycles. The minimum atomic E-state index is -0.00828. The van der Waals surface area contributed by atoms with Crippen LogP contribution in [0.25, 0.3) is 0 Å². The molecule has 0 atom stereocenters. The second-order valence-corrected chi connectivity index (χ2v) is 8.58. The average molecular weight is 399 g/mol. The molecule has 0 aliphatic heterocycles. The minimum Gasteiger partial charge on any atom is -0.325 e. The van der Waals surface area contributed by atoms with E-state index in [4.69, 9.17) is 0 Å². The van der Waals surface area contributed by atoms with Gasteiger partial charge in [0.2, 0.25) is 5.91 Å². The van der Waals surface area contributed by atoms with Crippen LogP contribution in [0.4, 0.5) is 5.69 Å². The van der Waals surface area contributed by atoms with Gasteiger partial charge in [-0.1, -0.05) is 43.0 Å². The van der Waals surface area contributed by atoms with Crippen LogP contribution >= 0.6 is 23.1 Å². The van der Waals surface area contributed by atoms with Crippen molar-refractivity contribution in [1.82, 2.24) is 14.8 Å². The molecule has 2 heterocycles. The third-order valence-corrected chi connectivity index (χ3v) is 6.38. The highest BCUT2D eigenvalue weighted by Crippen LogP contribution is 2.39. The van der Waals surface area contributed by atoms with Crippen molar-refractivity contribution >= 4 is 34.7 Å². The summed E-state index contributed by atoms with van der Waals surface area (Å²) in [4.78, 5) is 13.7. The molecule has 27 heavy (non-hydrogen) atoms. The van der Waals surface area contributed by atoms with E-state index < -0.39 is 0 Å². The van der Waals surface area contributed by atoms with Crippen LogP contribution in [0.3, 0.4) is 0 Å². The molecule has 1 amide bonds. The maximum Gasteiger partial charge on any atom is 0.234 e. The van der Waals surface area contributed by atoms with Gasteiger partial charge in [-0.2, -0.15) is 0 Å². The highest BCUT2D eigenvalue weighted by molar-refractivity contribution is 7.99. The van der Waals surface area contributed by atoms with Crippen LogP contribution in [0.1, 0.15) is 42.1 Å². The van der Waals surface area contributed by atoms with Gasteiger partial charge in [-0.05, 0) is 42.3 Å². The van der Waals surface area contributed by atoms with E-state index in [9.17, 15) is 4.79 Å². The van der Waals surface area contributed by atoms with E-state index in [-0.39, 0.29) is 5.91 Å². The number of thioether (sulfide) groups is 1. The molecule has 1 aliphatic rings. The van der Waals surface area contributed by atoms with Crippen molar-refractivity contribution in [2.75, 3.05) is 11.1 Å². The Labute approximate surface area is 167 Å². The van der Waals surface area contributed by atoms with E-state index in [1.54, 1.807) is 11.3 Å². The van der Waals surface area contributed by atoms with Crippen molar-refractivity contribution in [2.45, 2.75) is 43.8 Å². The molecule has 1 aliphatic carbocycles. The van der Waals surface area contributed by atoms with Crippen LogP contribution in [-0.2, 0) is 17.6 Å². The van der Waals surface area contributed by atoms with Crippen LogP contribution in [-0.4, -0.2) is 26.4 Å². The summed E-state index contributed by atoms with van der Waals surface area (Å²) in [5.74, 6) is 1.33. The molecule has 1 N–H and O–H groups in total.